The van der Waals surface area contributed by atoms with E-state index < -0.39 is 11.9 Å². The number of carbonyl (C=O) groups excluding carboxylic acids is 2. The molecule has 0 bridgehead atoms. The summed E-state index contributed by atoms with van der Waals surface area (Å²) in [5, 5.41) is 3.52. The second-order valence-electron chi connectivity index (χ2n) is 9.97. The Kier molecular flexibility index (Phi) is 6.12. The molecule has 6 rings (SSSR count). The van der Waals surface area contributed by atoms with Crippen LogP contribution >= 0.6 is 0 Å². The Hall–Kier alpha value is -4.51. The molecule has 0 spiro atoms. The number of fused-ring (bicyclic) bond motifs is 1. The molecule has 2 atom stereocenters. The molecule has 5 heteroatoms. The van der Waals surface area contributed by atoms with Gasteiger partial charge >= 0.3 is 0 Å². The quantitative estimate of drug-likeness (QED) is 0.319. The number of para-hydroxylation sites is 2. The van der Waals surface area contributed by atoms with Crippen molar-refractivity contribution in [1.29, 1.82) is 0 Å². The van der Waals surface area contributed by atoms with Gasteiger partial charge in [-0.25, -0.2) is 4.39 Å². The third-order valence-corrected chi connectivity index (χ3v) is 7.44. The van der Waals surface area contributed by atoms with Gasteiger partial charge in [0.2, 0.25) is 0 Å². The van der Waals surface area contributed by atoms with Crippen LogP contribution in [0.15, 0.2) is 114 Å². The van der Waals surface area contributed by atoms with Crippen molar-refractivity contribution in [2.24, 2.45) is 0 Å². The molecule has 0 radical (unpaired) electrons. The number of rotatable bonds is 3. The van der Waals surface area contributed by atoms with E-state index in [1.54, 1.807) is 29.2 Å². The maximum atomic E-state index is 14.6. The first kappa shape index (κ1) is 23.9. The molecule has 0 saturated carbocycles. The van der Waals surface area contributed by atoms with Crippen molar-refractivity contribution in [2.45, 2.75) is 31.7 Å². The standard InChI is InChI=1S/C33H27FN2O2/c1-21-14-16-22(17-15-21)25-19-28-31(30(37)20-25)32(24-10-7-11-26(34)18-24)36(29-13-6-5-12-27(29)35-28)33(38)23-8-3-2-4-9-23/h2-18,25,32,35H,19-20H2,1H3/t25-,32-/m0/s1. The molecular weight excluding hydrogens is 475 g/mol. The number of hydrogen-bond donors (Lipinski definition) is 1. The smallest absolute Gasteiger partial charge is 0.259 e. The summed E-state index contributed by atoms with van der Waals surface area (Å²) in [5.74, 6) is -0.706. The van der Waals surface area contributed by atoms with Crippen LogP contribution in [-0.4, -0.2) is 11.7 Å². The zero-order valence-electron chi connectivity index (χ0n) is 21.0. The number of nitrogens with one attached hydrogen (secondary N) is 1. The highest BCUT2D eigenvalue weighted by atomic mass is 19.1. The van der Waals surface area contributed by atoms with E-state index in [-0.39, 0.29) is 17.6 Å². The largest absolute Gasteiger partial charge is 0.357 e. The maximum Gasteiger partial charge on any atom is 0.259 e. The van der Waals surface area contributed by atoms with E-state index in [9.17, 15) is 14.0 Å². The van der Waals surface area contributed by atoms with Crippen molar-refractivity contribution in [1.82, 2.24) is 0 Å². The van der Waals surface area contributed by atoms with Crippen LogP contribution in [0.5, 0.6) is 0 Å². The topological polar surface area (TPSA) is 49.4 Å². The monoisotopic (exact) mass is 502 g/mol. The summed E-state index contributed by atoms with van der Waals surface area (Å²) >= 11 is 0. The lowest BCUT2D eigenvalue weighted by Gasteiger charge is -2.35. The zero-order valence-corrected chi connectivity index (χ0v) is 21.0. The summed E-state index contributed by atoms with van der Waals surface area (Å²) in [5.41, 5.74) is 5.99. The Morgan fingerprint density at radius 2 is 1.58 bits per heavy atom. The SMILES string of the molecule is Cc1ccc([C@@H]2CC(=O)C3=C(C2)Nc2ccccc2N(C(=O)c2ccccc2)[C@H]3c2cccc(F)c2)cc1. The summed E-state index contributed by atoms with van der Waals surface area (Å²) in [6, 6.07) is 30.3. The second-order valence-corrected chi connectivity index (χ2v) is 9.97. The van der Waals surface area contributed by atoms with Crippen LogP contribution in [-0.2, 0) is 4.79 Å². The fourth-order valence-electron chi connectivity index (χ4n) is 5.60. The van der Waals surface area contributed by atoms with E-state index in [0.717, 1.165) is 16.9 Å². The number of benzene rings is 4. The molecule has 1 amide bonds. The maximum absolute atomic E-state index is 14.6. The minimum Gasteiger partial charge on any atom is -0.357 e. The number of amides is 1. The molecule has 1 heterocycles. The van der Waals surface area contributed by atoms with Gasteiger partial charge in [-0.15, -0.1) is 0 Å². The van der Waals surface area contributed by atoms with Gasteiger partial charge in [0.15, 0.2) is 5.78 Å². The lowest BCUT2D eigenvalue weighted by atomic mass is 9.78. The Morgan fingerprint density at radius 3 is 2.34 bits per heavy atom. The fraction of sp³-hybridized carbons (Fsp3) is 0.152. The average Bonchev–Trinajstić information content (AvgIpc) is 3.08. The van der Waals surface area contributed by atoms with Crippen molar-refractivity contribution in [3.8, 4) is 0 Å². The van der Waals surface area contributed by atoms with Gasteiger partial charge in [0.05, 0.1) is 17.4 Å². The molecule has 1 aliphatic heterocycles. The van der Waals surface area contributed by atoms with Crippen molar-refractivity contribution in [3.63, 3.8) is 0 Å². The third kappa shape index (κ3) is 4.30. The van der Waals surface area contributed by atoms with Crippen molar-refractivity contribution in [3.05, 3.63) is 142 Å². The fourth-order valence-corrected chi connectivity index (χ4v) is 5.60. The molecule has 38 heavy (non-hydrogen) atoms. The van der Waals surface area contributed by atoms with Gasteiger partial charge in [-0.2, -0.15) is 0 Å². The molecule has 0 aromatic heterocycles. The molecule has 0 saturated heterocycles. The number of hydrogen-bond acceptors (Lipinski definition) is 3. The van der Waals surface area contributed by atoms with Crippen LogP contribution in [0.2, 0.25) is 0 Å². The van der Waals surface area contributed by atoms with E-state index in [1.165, 1.54) is 17.7 Å². The summed E-state index contributed by atoms with van der Waals surface area (Å²) in [7, 11) is 0. The average molecular weight is 503 g/mol. The third-order valence-electron chi connectivity index (χ3n) is 7.44. The number of allylic oxidation sites excluding steroid dienone is 1. The minimum atomic E-state index is -0.781. The molecule has 1 N–H and O–H groups in total. The first-order chi connectivity index (χ1) is 18.5. The Labute approximate surface area is 221 Å². The molecule has 4 nitrogen and oxygen atoms in total. The predicted molar refractivity (Wildman–Crippen MR) is 148 cm³/mol. The highest BCUT2D eigenvalue weighted by Gasteiger charge is 2.42. The molecule has 4 aromatic carbocycles. The first-order valence-electron chi connectivity index (χ1n) is 12.8. The molecule has 2 aliphatic rings. The van der Waals surface area contributed by atoms with Crippen LogP contribution in [0.4, 0.5) is 15.8 Å². The van der Waals surface area contributed by atoms with Crippen LogP contribution in [0.1, 0.15) is 51.8 Å². The predicted octanol–water partition coefficient (Wildman–Crippen LogP) is 7.35. The van der Waals surface area contributed by atoms with Crippen molar-refractivity contribution >= 4 is 23.1 Å². The van der Waals surface area contributed by atoms with Crippen LogP contribution in [0, 0.1) is 12.7 Å². The molecular formula is C33H27FN2O2. The molecule has 0 unspecified atom stereocenters. The number of halogens is 1. The van der Waals surface area contributed by atoms with E-state index in [2.05, 4.69) is 29.6 Å². The van der Waals surface area contributed by atoms with E-state index in [4.69, 9.17) is 0 Å². The van der Waals surface area contributed by atoms with Crippen molar-refractivity contribution < 1.29 is 14.0 Å². The van der Waals surface area contributed by atoms with E-state index >= 15 is 0 Å². The number of ketones is 1. The van der Waals surface area contributed by atoms with Gasteiger partial charge in [-0.05, 0) is 66.8 Å². The van der Waals surface area contributed by atoms with Crippen LogP contribution in [0.25, 0.3) is 0 Å². The van der Waals surface area contributed by atoms with Gasteiger partial charge in [-0.1, -0.05) is 72.3 Å². The highest BCUT2D eigenvalue weighted by Crippen LogP contribution is 2.47. The van der Waals surface area contributed by atoms with E-state index in [0.29, 0.717) is 35.2 Å². The molecule has 4 aromatic rings. The second kappa shape index (κ2) is 9.75. The van der Waals surface area contributed by atoms with Crippen LogP contribution < -0.4 is 10.2 Å². The van der Waals surface area contributed by atoms with Crippen LogP contribution in [0.3, 0.4) is 0 Å². The number of carbonyl (C=O) groups is 2. The molecule has 0 fully saturated rings. The Morgan fingerprint density at radius 1 is 0.842 bits per heavy atom. The first-order valence-corrected chi connectivity index (χ1v) is 12.8. The summed E-state index contributed by atoms with van der Waals surface area (Å²) in [4.78, 5) is 29.8. The summed E-state index contributed by atoms with van der Waals surface area (Å²) < 4.78 is 14.6. The van der Waals surface area contributed by atoms with Crippen molar-refractivity contribution in [2.75, 3.05) is 10.2 Å². The summed E-state index contributed by atoms with van der Waals surface area (Å²) in [6.45, 7) is 2.04. The molecule has 1 aliphatic carbocycles. The van der Waals surface area contributed by atoms with Gasteiger partial charge < -0.3 is 5.32 Å². The zero-order chi connectivity index (χ0) is 26.2. The molecule has 188 valence electrons. The lowest BCUT2D eigenvalue weighted by Crippen LogP contribution is -2.38. The van der Waals surface area contributed by atoms with Gasteiger partial charge in [-0.3, -0.25) is 14.5 Å². The van der Waals surface area contributed by atoms with Gasteiger partial charge in [0, 0.05) is 23.3 Å². The number of Topliss-reactive ketones (excluding diaryl/α,β-unsaturated/α-hetero) is 1. The van der Waals surface area contributed by atoms with Gasteiger partial charge in [0.25, 0.3) is 5.91 Å². The van der Waals surface area contributed by atoms with Gasteiger partial charge in [0.1, 0.15) is 5.82 Å². The van der Waals surface area contributed by atoms with E-state index in [1.807, 2.05) is 49.4 Å². The summed E-state index contributed by atoms with van der Waals surface area (Å²) in [6.07, 6.45) is 0.927. The normalized spacial score (nSPS) is 18.8. The number of nitrogens with zero attached hydrogens (tertiary/aromatic N) is 1. The highest BCUT2D eigenvalue weighted by molar-refractivity contribution is 6.12. The lowest BCUT2D eigenvalue weighted by molar-refractivity contribution is -0.116. The Bertz CT molecular complexity index is 1560. The number of aryl methyl sites for hydroxylation is 1. The number of anilines is 2. The minimum absolute atomic E-state index is 0.00560. The Balaban J connectivity index is 1.56.